The van der Waals surface area contributed by atoms with Crippen LogP contribution in [0, 0.1) is 41.0 Å². The number of nitrogens with zero attached hydrogens (tertiary/aromatic N) is 1. The lowest BCUT2D eigenvalue weighted by Gasteiger charge is -2.39. The lowest BCUT2D eigenvalue weighted by atomic mass is 9.64. The molecule has 8 N–H and O–H groups in total. The lowest BCUT2D eigenvalue weighted by Crippen LogP contribution is -2.41. The second kappa shape index (κ2) is 19.6. The number of aliphatic imine (C=N–C) groups is 1. The van der Waals surface area contributed by atoms with Gasteiger partial charge in [0.15, 0.2) is 29.4 Å². The van der Waals surface area contributed by atoms with Crippen molar-refractivity contribution in [1.82, 2.24) is 5.32 Å². The van der Waals surface area contributed by atoms with Gasteiger partial charge in [-0.1, -0.05) is 98.9 Å². The number of phenolic OH excluding ortho intramolecular Hbond substituents is 1. The van der Waals surface area contributed by atoms with Gasteiger partial charge in [-0.15, -0.1) is 4.99 Å². The van der Waals surface area contributed by atoms with Gasteiger partial charge in [0.05, 0.1) is 30.1 Å². The smallest absolute Gasteiger partial charge is 0.196 e. The molecule has 1 spiro atoms. The van der Waals surface area contributed by atoms with Crippen molar-refractivity contribution in [2.75, 3.05) is 26.3 Å². The fourth-order valence-corrected chi connectivity index (χ4v) is 11.1. The number of phenols is 1. The van der Waals surface area contributed by atoms with E-state index < -0.39 is 18.3 Å². The molecule has 9 rings (SSSR count). The molecule has 2 bridgehead atoms. The standard InChI is InChI=1S/C51H67N3O7/c1-32(56)28-53-29-43-42-27-44(54-49(42)35-20-22-51(43)21-8-10-38(51)24-35)46(58)31-60-48-23-33(15-19-45(48)57)14-18-40-26-37(30-55)47(61-40)13-5-3-2-4-11-39(52)25-36-17-16-34-9-6-7-12-41(34)50(36)59/h6-7,9,12,15-17,19-20,22-23,26-27,32,35-36,38-39,43,46-47,50,53,55-59H,2-5,8,10-11,13-14,18,21,24-25,28-31,52H2,1H3/t32-,35-,36-,38+,39-,43-,46-,47?,50-,51+/m0/s1. The maximum Gasteiger partial charge on any atom is 0.196 e. The highest BCUT2D eigenvalue weighted by Crippen LogP contribution is 2.60. The Hall–Kier alpha value is -4.03. The molecule has 328 valence electrons. The van der Waals surface area contributed by atoms with E-state index in [1.807, 2.05) is 42.5 Å². The minimum atomic E-state index is -0.961. The zero-order valence-electron chi connectivity index (χ0n) is 35.8. The summed E-state index contributed by atoms with van der Waals surface area (Å²) in [4.78, 5) is 5.04. The van der Waals surface area contributed by atoms with Crippen LogP contribution in [0.4, 0.5) is 0 Å². The monoisotopic (exact) mass is 833 g/mol. The van der Waals surface area contributed by atoms with Gasteiger partial charge in [0.2, 0.25) is 0 Å². The van der Waals surface area contributed by atoms with E-state index in [0.29, 0.717) is 37.1 Å². The number of ether oxygens (including phenoxy) is 2. The number of unbranched alkanes of at least 4 members (excludes halogenated alkanes) is 3. The van der Waals surface area contributed by atoms with Crippen LogP contribution >= 0.6 is 0 Å². The van der Waals surface area contributed by atoms with Gasteiger partial charge in [-0.3, -0.25) is 0 Å². The third-order valence-corrected chi connectivity index (χ3v) is 14.4. The molecule has 2 aliphatic heterocycles. The van der Waals surface area contributed by atoms with E-state index in [1.54, 1.807) is 13.0 Å². The van der Waals surface area contributed by atoms with Crippen LogP contribution < -0.4 is 15.8 Å². The van der Waals surface area contributed by atoms with E-state index in [4.69, 9.17) is 20.2 Å². The van der Waals surface area contributed by atoms with Crippen LogP contribution in [0.3, 0.4) is 0 Å². The Bertz CT molecular complexity index is 1970. The molecule has 0 amide bonds. The van der Waals surface area contributed by atoms with E-state index >= 15 is 0 Å². The second-order valence-corrected chi connectivity index (χ2v) is 18.6. The average Bonchev–Trinajstić information content (AvgIpc) is 3.98. The maximum absolute atomic E-state index is 11.4. The van der Waals surface area contributed by atoms with Gasteiger partial charge in [-0.2, -0.15) is 12.0 Å². The van der Waals surface area contributed by atoms with Crippen LogP contribution in [-0.4, -0.2) is 81.9 Å². The first-order valence-electron chi connectivity index (χ1n) is 23.0. The molecule has 2 aromatic rings. The minimum Gasteiger partial charge on any atom is -0.592 e. The zero-order chi connectivity index (χ0) is 42.5. The summed E-state index contributed by atoms with van der Waals surface area (Å²) in [5, 5.41) is 56.5. The minimum absolute atomic E-state index is 0.0147. The Morgan fingerprint density at radius 2 is 1.95 bits per heavy atom. The fourth-order valence-electron chi connectivity index (χ4n) is 11.1. The third-order valence-electron chi connectivity index (χ3n) is 14.4. The molecule has 0 radical (unpaired) electrons. The van der Waals surface area contributed by atoms with Crippen LogP contribution in [0.1, 0.15) is 107 Å². The molecule has 5 aliphatic carbocycles. The summed E-state index contributed by atoms with van der Waals surface area (Å²) in [7, 11) is 0. The van der Waals surface area contributed by atoms with Crippen LogP contribution in [0.5, 0.6) is 11.5 Å². The highest BCUT2D eigenvalue weighted by molar-refractivity contribution is 6.07. The van der Waals surface area contributed by atoms with Crippen molar-refractivity contribution in [1.29, 1.82) is 0 Å². The molecule has 7 aliphatic rings. The van der Waals surface area contributed by atoms with E-state index in [0.717, 1.165) is 98.4 Å². The predicted molar refractivity (Wildman–Crippen MR) is 239 cm³/mol. The molecular weight excluding hydrogens is 767 g/mol. The number of rotatable bonds is 21. The summed E-state index contributed by atoms with van der Waals surface area (Å²) in [6.07, 6.45) is 23.8. The highest BCUT2D eigenvalue weighted by Gasteiger charge is 2.59. The second-order valence-electron chi connectivity index (χ2n) is 18.6. The van der Waals surface area contributed by atoms with Gasteiger partial charge in [0.1, 0.15) is 12.2 Å². The quantitative estimate of drug-likeness (QED) is 0.0390. The molecule has 10 atom stereocenters. The number of fused-ring (bicyclic) bond motifs is 1. The number of nitrogens with two attached hydrogens (primary N) is 1. The summed E-state index contributed by atoms with van der Waals surface area (Å²) < 4.78 is 12.4. The summed E-state index contributed by atoms with van der Waals surface area (Å²) in [5.74, 6) is 3.22. The first kappa shape index (κ1) is 43.6. The first-order valence-corrected chi connectivity index (χ1v) is 23.0. The maximum atomic E-state index is 11.4. The van der Waals surface area contributed by atoms with Crippen LogP contribution in [-0.2, 0) is 11.2 Å². The zero-order valence-corrected chi connectivity index (χ0v) is 35.8. The summed E-state index contributed by atoms with van der Waals surface area (Å²) in [5.41, 5.74) is 11.9. The highest BCUT2D eigenvalue weighted by atomic mass is 16.5. The molecule has 10 heteroatoms. The van der Waals surface area contributed by atoms with Crippen LogP contribution in [0.15, 0.2) is 89.2 Å². The number of hydrogen-bond acceptors (Lipinski definition) is 10. The molecule has 2 fully saturated rings. The van der Waals surface area contributed by atoms with Crippen LogP contribution in [0.25, 0.3) is 6.08 Å². The van der Waals surface area contributed by atoms with E-state index in [9.17, 15) is 25.5 Å². The number of aryl methyl sites for hydroxylation is 1. The summed E-state index contributed by atoms with van der Waals surface area (Å²) >= 11 is 0. The molecule has 2 aromatic carbocycles. The Balaban J connectivity index is 0.770. The number of aliphatic hydroxyl groups is 4. The molecule has 61 heavy (non-hydrogen) atoms. The summed E-state index contributed by atoms with van der Waals surface area (Å²) in [6, 6.07) is 14.0. The van der Waals surface area contributed by atoms with Crippen molar-refractivity contribution in [2.24, 2.45) is 39.8 Å². The third kappa shape index (κ3) is 9.80. The average molecular weight is 834 g/mol. The van der Waals surface area contributed by atoms with Gasteiger partial charge in [-0.05, 0) is 86.6 Å². The Labute approximate surface area is 362 Å². The van der Waals surface area contributed by atoms with Crippen molar-refractivity contribution in [2.45, 2.75) is 121 Å². The van der Waals surface area contributed by atoms with Gasteiger partial charge in [0.25, 0.3) is 0 Å². The Morgan fingerprint density at radius 1 is 1.10 bits per heavy atom. The number of hydrogen-bond donors (Lipinski definition) is 7. The summed E-state index contributed by atoms with van der Waals surface area (Å²) in [6.45, 7) is 3.02. The van der Waals surface area contributed by atoms with Crippen molar-refractivity contribution in [3.63, 3.8) is 0 Å². The van der Waals surface area contributed by atoms with Crippen molar-refractivity contribution >= 4 is 11.8 Å². The van der Waals surface area contributed by atoms with Gasteiger partial charge >= 0.3 is 0 Å². The Morgan fingerprint density at radius 3 is 2.80 bits per heavy atom. The molecule has 1 unspecified atom stereocenters. The van der Waals surface area contributed by atoms with Crippen molar-refractivity contribution in [3.05, 3.63) is 113 Å². The Kier molecular flexibility index (Phi) is 14.0. The van der Waals surface area contributed by atoms with Crippen molar-refractivity contribution < 1.29 is 35.0 Å². The number of nitrogens with one attached hydrogen (secondary N) is 1. The lowest BCUT2D eigenvalue weighted by molar-refractivity contribution is 0.119. The number of allylic oxidation sites excluding steroid dienone is 3. The number of aliphatic hydroxyl groups excluding tert-OH is 4. The molecule has 0 aromatic heterocycles. The van der Waals surface area contributed by atoms with E-state index in [2.05, 4.69) is 35.7 Å². The molecular formula is C51H67N3O7. The number of aromatic hydroxyl groups is 1. The fraction of sp³-hybridized carbons (Fsp3) is 0.549. The molecule has 2 heterocycles. The predicted octanol–water partition coefficient (Wildman–Crippen LogP) is 7.22. The topological polar surface area (TPSA) is 170 Å². The van der Waals surface area contributed by atoms with Crippen molar-refractivity contribution in [3.8, 4) is 11.5 Å². The van der Waals surface area contributed by atoms with E-state index in [-0.39, 0.29) is 54.3 Å². The van der Waals surface area contributed by atoms with Gasteiger partial charge in [-0.25, -0.2) is 0 Å². The molecule has 2 saturated carbocycles. The van der Waals surface area contributed by atoms with Gasteiger partial charge in [0, 0.05) is 43.2 Å². The van der Waals surface area contributed by atoms with Crippen LogP contribution in [0.2, 0.25) is 0 Å². The van der Waals surface area contributed by atoms with E-state index in [1.165, 1.54) is 18.4 Å². The SMILES string of the molecule is C[C@H](O)CNC[C@H]1C2=C[C+]([C@@H](O)COc3cc(CCC4=C[C-](CO)C(CCCCCC[C@H](N)C[C@@H]5C=Cc6ccccc6[C@H]5O)O4)ccc3O)N=C2[C@H]2C=C[C@@]13CCC[C@@H]3C2. The largest absolute Gasteiger partial charge is 0.592 e. The normalized spacial score (nSPS) is 28.7. The number of benzene rings is 2. The first-order chi connectivity index (χ1) is 29.6. The molecule has 0 saturated heterocycles. The van der Waals surface area contributed by atoms with Gasteiger partial charge < -0.3 is 46.1 Å². The molecule has 10 nitrogen and oxygen atoms in total.